The van der Waals surface area contributed by atoms with Crippen LogP contribution in [0.3, 0.4) is 0 Å². The quantitative estimate of drug-likeness (QED) is 0.471. The summed E-state index contributed by atoms with van der Waals surface area (Å²) < 4.78 is 0.463. The first-order chi connectivity index (χ1) is 6.24. The fourth-order valence-electron chi connectivity index (χ4n) is 1.09. The van der Waals surface area contributed by atoms with Crippen LogP contribution in [0.5, 0.6) is 0 Å². The van der Waals surface area contributed by atoms with E-state index in [0.717, 1.165) is 12.0 Å². The van der Waals surface area contributed by atoms with Crippen LogP contribution in [0.4, 0.5) is 0 Å². The average molecular weight is 288 g/mol. The molecule has 0 amide bonds. The molecule has 1 aromatic carbocycles. The van der Waals surface area contributed by atoms with Crippen LogP contribution in [0.1, 0.15) is 30.1 Å². The summed E-state index contributed by atoms with van der Waals surface area (Å²) in [6.45, 7) is 2.11. The SMILES string of the molecule is CCC(I)CC(=O)c1ccccc1. The van der Waals surface area contributed by atoms with E-state index in [0.29, 0.717) is 10.3 Å². The van der Waals surface area contributed by atoms with Crippen molar-refractivity contribution in [2.24, 2.45) is 0 Å². The molecule has 0 saturated heterocycles. The Hall–Kier alpha value is -0.380. The van der Waals surface area contributed by atoms with Crippen molar-refractivity contribution >= 4 is 28.4 Å². The monoisotopic (exact) mass is 288 g/mol. The number of rotatable bonds is 4. The summed E-state index contributed by atoms with van der Waals surface area (Å²) in [4.78, 5) is 11.6. The van der Waals surface area contributed by atoms with Crippen LogP contribution in [0.2, 0.25) is 0 Å². The number of hydrogen-bond acceptors (Lipinski definition) is 1. The van der Waals surface area contributed by atoms with Crippen LogP contribution in [0.25, 0.3) is 0 Å². The second-order valence-corrected chi connectivity index (χ2v) is 4.76. The van der Waals surface area contributed by atoms with Crippen LogP contribution in [0.15, 0.2) is 30.3 Å². The van der Waals surface area contributed by atoms with E-state index in [4.69, 9.17) is 0 Å². The summed E-state index contributed by atoms with van der Waals surface area (Å²) in [6.07, 6.45) is 1.71. The minimum Gasteiger partial charge on any atom is -0.294 e. The molecular formula is C11H13IO. The third kappa shape index (κ3) is 3.46. The summed E-state index contributed by atoms with van der Waals surface area (Å²) in [7, 11) is 0. The molecular weight excluding hydrogens is 275 g/mol. The topological polar surface area (TPSA) is 17.1 Å². The van der Waals surface area contributed by atoms with Crippen molar-refractivity contribution < 1.29 is 4.79 Å². The Labute approximate surface area is 92.7 Å². The maximum absolute atomic E-state index is 11.6. The van der Waals surface area contributed by atoms with Gasteiger partial charge in [0.05, 0.1) is 0 Å². The molecule has 0 N–H and O–H groups in total. The normalized spacial score (nSPS) is 12.5. The van der Waals surface area contributed by atoms with Crippen LogP contribution < -0.4 is 0 Å². The molecule has 1 rings (SSSR count). The Kier molecular flexibility index (Phi) is 4.42. The Bertz CT molecular complexity index is 269. The van der Waals surface area contributed by atoms with E-state index in [1.165, 1.54) is 0 Å². The summed E-state index contributed by atoms with van der Waals surface area (Å²) in [5.41, 5.74) is 0.831. The lowest BCUT2D eigenvalue weighted by Crippen LogP contribution is -2.06. The van der Waals surface area contributed by atoms with Gasteiger partial charge >= 0.3 is 0 Å². The number of alkyl halides is 1. The van der Waals surface area contributed by atoms with Gasteiger partial charge in [-0.3, -0.25) is 4.79 Å². The van der Waals surface area contributed by atoms with Crippen LogP contribution in [0, 0.1) is 0 Å². The molecule has 0 radical (unpaired) electrons. The molecule has 2 heteroatoms. The van der Waals surface area contributed by atoms with Gasteiger partial charge in [0.2, 0.25) is 0 Å². The van der Waals surface area contributed by atoms with Gasteiger partial charge in [-0.15, -0.1) is 0 Å². The van der Waals surface area contributed by atoms with Crippen LogP contribution >= 0.6 is 22.6 Å². The molecule has 70 valence electrons. The first-order valence-corrected chi connectivity index (χ1v) is 5.71. The molecule has 1 nitrogen and oxygen atoms in total. The first kappa shape index (κ1) is 10.7. The molecule has 0 bridgehead atoms. The zero-order valence-corrected chi connectivity index (χ0v) is 9.82. The molecule has 0 spiro atoms. The van der Waals surface area contributed by atoms with E-state index in [2.05, 4.69) is 29.5 Å². The van der Waals surface area contributed by atoms with Gasteiger partial charge in [0.25, 0.3) is 0 Å². The molecule has 13 heavy (non-hydrogen) atoms. The Morgan fingerprint density at radius 3 is 2.54 bits per heavy atom. The van der Waals surface area contributed by atoms with Gasteiger partial charge in [-0.1, -0.05) is 59.8 Å². The molecule has 0 saturated carbocycles. The lowest BCUT2D eigenvalue weighted by Gasteiger charge is -2.04. The molecule has 0 heterocycles. The highest BCUT2D eigenvalue weighted by molar-refractivity contribution is 14.1. The van der Waals surface area contributed by atoms with E-state index in [-0.39, 0.29) is 5.78 Å². The Balaban J connectivity index is 2.59. The average Bonchev–Trinajstić information content (AvgIpc) is 2.19. The van der Waals surface area contributed by atoms with Crippen molar-refractivity contribution in [2.45, 2.75) is 23.7 Å². The highest BCUT2D eigenvalue weighted by Crippen LogP contribution is 2.14. The summed E-state index contributed by atoms with van der Waals surface area (Å²) >= 11 is 2.33. The second-order valence-electron chi connectivity index (χ2n) is 3.00. The van der Waals surface area contributed by atoms with Crippen molar-refractivity contribution in [3.05, 3.63) is 35.9 Å². The van der Waals surface area contributed by atoms with Gasteiger partial charge in [-0.25, -0.2) is 0 Å². The van der Waals surface area contributed by atoms with Gasteiger partial charge in [-0.05, 0) is 6.42 Å². The number of carbonyl (C=O) groups excluding carboxylic acids is 1. The number of carbonyl (C=O) groups is 1. The molecule has 0 aromatic heterocycles. The number of hydrogen-bond donors (Lipinski definition) is 0. The smallest absolute Gasteiger partial charge is 0.163 e. The highest BCUT2D eigenvalue weighted by atomic mass is 127. The lowest BCUT2D eigenvalue weighted by atomic mass is 10.1. The standard InChI is InChI=1S/C11H13IO/c1-2-10(12)8-11(13)9-6-4-3-5-7-9/h3-7,10H,2,8H2,1H3. The van der Waals surface area contributed by atoms with Gasteiger partial charge < -0.3 is 0 Å². The van der Waals surface area contributed by atoms with Crippen LogP contribution in [-0.2, 0) is 0 Å². The van der Waals surface area contributed by atoms with E-state index in [1.54, 1.807) is 0 Å². The third-order valence-corrected chi connectivity index (χ3v) is 3.27. The maximum atomic E-state index is 11.6. The van der Waals surface area contributed by atoms with Crippen molar-refractivity contribution in [2.75, 3.05) is 0 Å². The van der Waals surface area contributed by atoms with Gasteiger partial charge in [0.15, 0.2) is 5.78 Å². The molecule has 0 aliphatic heterocycles. The molecule has 0 aliphatic rings. The Morgan fingerprint density at radius 2 is 2.00 bits per heavy atom. The zero-order chi connectivity index (χ0) is 9.68. The number of ketones is 1. The summed E-state index contributed by atoms with van der Waals surface area (Å²) in [6, 6.07) is 9.49. The number of halogens is 1. The first-order valence-electron chi connectivity index (χ1n) is 4.46. The second kappa shape index (κ2) is 5.37. The van der Waals surface area contributed by atoms with Gasteiger partial charge in [0.1, 0.15) is 0 Å². The third-order valence-electron chi connectivity index (χ3n) is 1.95. The molecule has 1 unspecified atom stereocenters. The minimum atomic E-state index is 0.252. The van der Waals surface area contributed by atoms with Crippen molar-refractivity contribution in [3.63, 3.8) is 0 Å². The van der Waals surface area contributed by atoms with Crippen LogP contribution in [-0.4, -0.2) is 9.71 Å². The van der Waals surface area contributed by atoms with Crippen molar-refractivity contribution in [3.8, 4) is 0 Å². The van der Waals surface area contributed by atoms with Crippen molar-refractivity contribution in [1.29, 1.82) is 0 Å². The molecule has 1 aromatic rings. The number of Topliss-reactive ketones (excluding diaryl/α,β-unsaturated/α-hetero) is 1. The minimum absolute atomic E-state index is 0.252. The predicted octanol–water partition coefficient (Wildman–Crippen LogP) is 3.47. The predicted molar refractivity (Wildman–Crippen MR) is 63.5 cm³/mol. The van der Waals surface area contributed by atoms with Gasteiger partial charge in [0, 0.05) is 15.9 Å². The maximum Gasteiger partial charge on any atom is 0.163 e. The largest absolute Gasteiger partial charge is 0.294 e. The van der Waals surface area contributed by atoms with E-state index in [9.17, 15) is 4.79 Å². The lowest BCUT2D eigenvalue weighted by molar-refractivity contribution is 0.0983. The van der Waals surface area contributed by atoms with E-state index >= 15 is 0 Å². The fraction of sp³-hybridized carbons (Fsp3) is 0.364. The molecule has 0 fully saturated rings. The molecule has 1 atom stereocenters. The van der Waals surface area contributed by atoms with Crippen molar-refractivity contribution in [1.82, 2.24) is 0 Å². The summed E-state index contributed by atoms with van der Waals surface area (Å²) in [5, 5.41) is 0. The van der Waals surface area contributed by atoms with E-state index < -0.39 is 0 Å². The zero-order valence-electron chi connectivity index (χ0n) is 7.66. The Morgan fingerprint density at radius 1 is 1.38 bits per heavy atom. The fourth-order valence-corrected chi connectivity index (χ4v) is 1.49. The summed E-state index contributed by atoms with van der Waals surface area (Å²) in [5.74, 6) is 0.252. The van der Waals surface area contributed by atoms with Gasteiger partial charge in [-0.2, -0.15) is 0 Å². The van der Waals surface area contributed by atoms with E-state index in [1.807, 2.05) is 30.3 Å². The highest BCUT2D eigenvalue weighted by Gasteiger charge is 2.09. The molecule has 0 aliphatic carbocycles. The number of benzene rings is 1.